The molecule has 0 radical (unpaired) electrons. The lowest BCUT2D eigenvalue weighted by molar-refractivity contribution is 0.0581. The zero-order valence-corrected chi connectivity index (χ0v) is 17.7. The molecule has 6 nitrogen and oxygen atoms in total. The Balaban J connectivity index is 1.41. The van der Waals surface area contributed by atoms with Gasteiger partial charge in [-0.2, -0.15) is 0 Å². The molecule has 1 atom stereocenters. The summed E-state index contributed by atoms with van der Waals surface area (Å²) in [6, 6.07) is 13.8. The summed E-state index contributed by atoms with van der Waals surface area (Å²) in [5.74, 6) is 1.22. The lowest BCUT2D eigenvalue weighted by atomic mass is 10.1. The summed E-state index contributed by atoms with van der Waals surface area (Å²) in [6.07, 6.45) is 0. The van der Waals surface area contributed by atoms with E-state index in [2.05, 4.69) is 24.0 Å². The van der Waals surface area contributed by atoms with Crippen LogP contribution in [0.4, 0.5) is 0 Å². The number of hydrogen-bond acceptors (Lipinski definition) is 6. The maximum Gasteiger partial charge on any atom is 0.254 e. The molecule has 1 saturated heterocycles. The highest BCUT2D eigenvalue weighted by atomic mass is 32.1. The summed E-state index contributed by atoms with van der Waals surface area (Å²) in [6.45, 7) is 5.25. The van der Waals surface area contributed by atoms with E-state index in [0.717, 1.165) is 23.6 Å². The van der Waals surface area contributed by atoms with Crippen molar-refractivity contribution in [3.8, 4) is 11.5 Å². The van der Waals surface area contributed by atoms with Gasteiger partial charge in [-0.1, -0.05) is 12.1 Å². The first-order valence-corrected chi connectivity index (χ1v) is 10.5. The van der Waals surface area contributed by atoms with Crippen molar-refractivity contribution in [1.82, 2.24) is 14.8 Å². The minimum Gasteiger partial charge on any atom is -0.493 e. The minimum absolute atomic E-state index is 0.0262. The van der Waals surface area contributed by atoms with E-state index < -0.39 is 0 Å². The summed E-state index contributed by atoms with van der Waals surface area (Å²) in [5, 5.41) is 1.13. The molecule has 4 rings (SSSR count). The summed E-state index contributed by atoms with van der Waals surface area (Å²) < 4.78 is 11.8. The standard InChI is InChI=1S/C22H25N3O3S/c1-15(21-23-17-6-4-5-7-20(17)29-21)24-10-12-25(13-11-24)22(26)16-8-9-18(27-2)19(14-16)28-3/h4-9,14-15H,10-13H2,1-3H3. The van der Waals surface area contributed by atoms with Crippen LogP contribution < -0.4 is 9.47 Å². The van der Waals surface area contributed by atoms with Crippen LogP contribution in [0.3, 0.4) is 0 Å². The van der Waals surface area contributed by atoms with Crippen LogP contribution in [0.5, 0.6) is 11.5 Å². The van der Waals surface area contributed by atoms with E-state index in [1.54, 1.807) is 43.8 Å². The average molecular weight is 412 g/mol. The molecular weight excluding hydrogens is 386 g/mol. The molecule has 0 aliphatic carbocycles. The van der Waals surface area contributed by atoms with Gasteiger partial charge in [-0.3, -0.25) is 9.69 Å². The van der Waals surface area contributed by atoms with Crippen molar-refractivity contribution in [2.45, 2.75) is 13.0 Å². The number of fused-ring (bicyclic) bond motifs is 1. The number of thiazole rings is 1. The van der Waals surface area contributed by atoms with Gasteiger partial charge in [0.1, 0.15) is 5.01 Å². The number of para-hydroxylation sites is 1. The number of carbonyl (C=O) groups excluding carboxylic acids is 1. The number of amides is 1. The monoisotopic (exact) mass is 411 g/mol. The van der Waals surface area contributed by atoms with Crippen LogP contribution in [0.25, 0.3) is 10.2 Å². The van der Waals surface area contributed by atoms with Gasteiger partial charge in [0, 0.05) is 31.7 Å². The van der Waals surface area contributed by atoms with Crippen molar-refractivity contribution in [1.29, 1.82) is 0 Å². The van der Waals surface area contributed by atoms with Crippen molar-refractivity contribution >= 4 is 27.5 Å². The molecule has 3 aromatic rings. The van der Waals surface area contributed by atoms with Crippen LogP contribution in [-0.2, 0) is 0 Å². The second kappa shape index (κ2) is 8.39. The van der Waals surface area contributed by atoms with Crippen molar-refractivity contribution < 1.29 is 14.3 Å². The molecule has 1 unspecified atom stereocenters. The third-order valence-electron chi connectivity index (χ3n) is 5.45. The van der Waals surface area contributed by atoms with Crippen LogP contribution in [0, 0.1) is 0 Å². The molecule has 7 heteroatoms. The van der Waals surface area contributed by atoms with E-state index in [0.29, 0.717) is 30.2 Å². The number of methoxy groups -OCH3 is 2. The number of aromatic nitrogens is 1. The van der Waals surface area contributed by atoms with Gasteiger partial charge >= 0.3 is 0 Å². The fourth-order valence-electron chi connectivity index (χ4n) is 3.69. The molecule has 0 N–H and O–H groups in total. The number of benzene rings is 2. The Morgan fingerprint density at radius 2 is 1.76 bits per heavy atom. The summed E-state index contributed by atoms with van der Waals surface area (Å²) in [7, 11) is 3.17. The van der Waals surface area contributed by atoms with Crippen LogP contribution in [0.15, 0.2) is 42.5 Å². The van der Waals surface area contributed by atoms with Crippen LogP contribution in [-0.4, -0.2) is 61.1 Å². The van der Waals surface area contributed by atoms with E-state index in [1.165, 1.54) is 4.70 Å². The van der Waals surface area contributed by atoms with Gasteiger partial charge in [0.2, 0.25) is 0 Å². The Bertz CT molecular complexity index is 978. The van der Waals surface area contributed by atoms with Gasteiger partial charge in [0.05, 0.1) is 30.5 Å². The molecule has 1 fully saturated rings. The molecule has 152 valence electrons. The third kappa shape index (κ3) is 3.93. The molecule has 0 saturated carbocycles. The smallest absolute Gasteiger partial charge is 0.254 e. The van der Waals surface area contributed by atoms with Gasteiger partial charge in [0.25, 0.3) is 5.91 Å². The zero-order valence-electron chi connectivity index (χ0n) is 16.9. The van der Waals surface area contributed by atoms with E-state index in [4.69, 9.17) is 14.5 Å². The highest BCUT2D eigenvalue weighted by molar-refractivity contribution is 7.18. The topological polar surface area (TPSA) is 54.9 Å². The third-order valence-corrected chi connectivity index (χ3v) is 6.65. The summed E-state index contributed by atoms with van der Waals surface area (Å²) in [5.41, 5.74) is 1.68. The van der Waals surface area contributed by atoms with Gasteiger partial charge in [-0.25, -0.2) is 4.98 Å². The van der Waals surface area contributed by atoms with Gasteiger partial charge in [-0.05, 0) is 37.3 Å². The highest BCUT2D eigenvalue weighted by Gasteiger charge is 2.27. The fourth-order valence-corrected chi connectivity index (χ4v) is 4.74. The quantitative estimate of drug-likeness (QED) is 0.639. The highest BCUT2D eigenvalue weighted by Crippen LogP contribution is 2.31. The Labute approximate surface area is 174 Å². The minimum atomic E-state index is 0.0262. The molecular formula is C22H25N3O3S. The normalized spacial score (nSPS) is 16.0. The molecule has 2 heterocycles. The van der Waals surface area contributed by atoms with Gasteiger partial charge in [-0.15, -0.1) is 11.3 Å². The first kappa shape index (κ1) is 19.7. The van der Waals surface area contributed by atoms with Crippen LogP contribution in [0.2, 0.25) is 0 Å². The Morgan fingerprint density at radius 1 is 1.03 bits per heavy atom. The summed E-state index contributed by atoms with van der Waals surface area (Å²) in [4.78, 5) is 22.0. The van der Waals surface area contributed by atoms with Crippen LogP contribution >= 0.6 is 11.3 Å². The predicted octanol–water partition coefficient (Wildman–Crippen LogP) is 3.83. The number of ether oxygens (including phenoxy) is 2. The molecule has 1 amide bonds. The average Bonchev–Trinajstić information content (AvgIpc) is 3.22. The molecule has 2 aromatic carbocycles. The number of hydrogen-bond donors (Lipinski definition) is 0. The van der Waals surface area contributed by atoms with Crippen molar-refractivity contribution in [2.24, 2.45) is 0 Å². The largest absolute Gasteiger partial charge is 0.493 e. The van der Waals surface area contributed by atoms with Crippen molar-refractivity contribution in [3.05, 3.63) is 53.0 Å². The van der Waals surface area contributed by atoms with E-state index in [-0.39, 0.29) is 11.9 Å². The first-order valence-electron chi connectivity index (χ1n) is 9.71. The van der Waals surface area contributed by atoms with Gasteiger partial charge in [0.15, 0.2) is 11.5 Å². The van der Waals surface area contributed by atoms with E-state index in [9.17, 15) is 4.79 Å². The Kier molecular flexibility index (Phi) is 5.69. The molecule has 0 bridgehead atoms. The number of nitrogens with zero attached hydrogens (tertiary/aromatic N) is 3. The number of carbonyl (C=O) groups is 1. The molecule has 29 heavy (non-hydrogen) atoms. The number of rotatable bonds is 5. The molecule has 1 aliphatic rings. The van der Waals surface area contributed by atoms with Crippen molar-refractivity contribution in [2.75, 3.05) is 40.4 Å². The maximum absolute atomic E-state index is 12.9. The Morgan fingerprint density at radius 3 is 2.45 bits per heavy atom. The Hall–Kier alpha value is -2.64. The summed E-state index contributed by atoms with van der Waals surface area (Å²) >= 11 is 1.75. The second-order valence-corrected chi connectivity index (χ2v) is 8.16. The molecule has 1 aromatic heterocycles. The maximum atomic E-state index is 12.9. The SMILES string of the molecule is COc1ccc(C(=O)N2CCN(C(C)c3nc4ccccc4s3)CC2)cc1OC. The van der Waals surface area contributed by atoms with Crippen molar-refractivity contribution in [3.63, 3.8) is 0 Å². The second-order valence-electron chi connectivity index (χ2n) is 7.09. The van der Waals surface area contributed by atoms with Gasteiger partial charge < -0.3 is 14.4 Å². The predicted molar refractivity (Wildman–Crippen MR) is 115 cm³/mol. The first-order chi connectivity index (χ1) is 14.1. The lowest BCUT2D eigenvalue weighted by Crippen LogP contribution is -2.49. The van der Waals surface area contributed by atoms with E-state index >= 15 is 0 Å². The van der Waals surface area contributed by atoms with E-state index in [1.807, 2.05) is 17.0 Å². The zero-order chi connectivity index (χ0) is 20.4. The number of piperazine rings is 1. The fraction of sp³-hybridized carbons (Fsp3) is 0.364. The molecule has 1 aliphatic heterocycles. The molecule has 0 spiro atoms. The lowest BCUT2D eigenvalue weighted by Gasteiger charge is -2.37. The van der Waals surface area contributed by atoms with Crippen LogP contribution in [0.1, 0.15) is 28.3 Å².